The van der Waals surface area contributed by atoms with Gasteiger partial charge in [0.2, 0.25) is 0 Å². The molecule has 2 unspecified atom stereocenters. The first-order valence-corrected chi connectivity index (χ1v) is 12.3. The smallest absolute Gasteiger partial charge is 0.312 e. The molecule has 0 bridgehead atoms. The molecule has 2 atom stereocenters. The van der Waals surface area contributed by atoms with Crippen LogP contribution in [0.4, 0.5) is 0 Å². The zero-order valence-electron chi connectivity index (χ0n) is 21.6. The molecule has 0 fully saturated rings. The highest BCUT2D eigenvalue weighted by Crippen LogP contribution is 2.38. The zero-order chi connectivity index (χ0) is 25.9. The van der Waals surface area contributed by atoms with E-state index in [-0.39, 0.29) is 12.7 Å². The second-order valence-corrected chi connectivity index (χ2v) is 10.1. The number of pyridine rings is 1. The van der Waals surface area contributed by atoms with Gasteiger partial charge in [0.1, 0.15) is 17.5 Å². The molecule has 2 aromatic heterocycles. The van der Waals surface area contributed by atoms with Crippen molar-refractivity contribution >= 4 is 5.97 Å². The maximum absolute atomic E-state index is 12.2. The number of fused-ring (bicyclic) bond motifs is 1. The number of hydrogen-bond donors (Lipinski definition) is 1. The van der Waals surface area contributed by atoms with Crippen LogP contribution in [0.15, 0.2) is 42.7 Å². The van der Waals surface area contributed by atoms with E-state index in [9.17, 15) is 9.90 Å². The molecule has 1 N–H and O–H groups in total. The SMILES string of the molecule is CCC1CN(Cc2cc(C(OCc3cn(C)nn3)C(C)(C)C(=O)O)ccc2C)Cc2ncccc2O1. The number of nitrogens with zero attached hydrogens (tertiary/aromatic N) is 5. The Labute approximate surface area is 212 Å². The van der Waals surface area contributed by atoms with Crippen LogP contribution in [0.25, 0.3) is 0 Å². The van der Waals surface area contributed by atoms with Crippen LogP contribution in [0.1, 0.15) is 61.4 Å². The lowest BCUT2D eigenvalue weighted by molar-refractivity contribution is -0.158. The van der Waals surface area contributed by atoms with E-state index in [0.29, 0.717) is 18.8 Å². The van der Waals surface area contributed by atoms with Crippen LogP contribution in [0, 0.1) is 12.3 Å². The number of carboxylic acids is 1. The van der Waals surface area contributed by atoms with Crippen LogP contribution < -0.4 is 4.74 Å². The predicted molar refractivity (Wildman–Crippen MR) is 134 cm³/mol. The molecule has 0 spiro atoms. The van der Waals surface area contributed by atoms with Gasteiger partial charge in [-0.1, -0.05) is 30.3 Å². The van der Waals surface area contributed by atoms with Crippen LogP contribution in [0.3, 0.4) is 0 Å². The van der Waals surface area contributed by atoms with Crippen molar-refractivity contribution in [2.24, 2.45) is 12.5 Å². The minimum atomic E-state index is -1.15. The number of rotatable bonds is 9. The molecule has 1 aliphatic heterocycles. The second kappa shape index (κ2) is 10.8. The monoisotopic (exact) mass is 493 g/mol. The molecule has 0 amide bonds. The first-order chi connectivity index (χ1) is 17.2. The highest BCUT2D eigenvalue weighted by molar-refractivity contribution is 5.74. The van der Waals surface area contributed by atoms with Crippen LogP contribution in [-0.2, 0) is 36.3 Å². The first-order valence-electron chi connectivity index (χ1n) is 12.3. The Hall–Kier alpha value is -3.30. The highest BCUT2D eigenvalue weighted by atomic mass is 16.5. The third-order valence-electron chi connectivity index (χ3n) is 6.76. The maximum atomic E-state index is 12.2. The highest BCUT2D eigenvalue weighted by Gasteiger charge is 2.39. The van der Waals surface area contributed by atoms with Crippen LogP contribution >= 0.6 is 0 Å². The van der Waals surface area contributed by atoms with Crippen molar-refractivity contribution in [2.45, 2.75) is 66.0 Å². The number of aryl methyl sites for hydroxylation is 2. The average Bonchev–Trinajstić information content (AvgIpc) is 3.16. The summed E-state index contributed by atoms with van der Waals surface area (Å²) in [6.07, 6.45) is 3.87. The van der Waals surface area contributed by atoms with Gasteiger partial charge in [0.05, 0.1) is 30.0 Å². The molecule has 0 saturated heterocycles. The normalized spacial score (nSPS) is 17.2. The summed E-state index contributed by atoms with van der Waals surface area (Å²) in [5.74, 6) is -0.0788. The Balaban J connectivity index is 1.61. The molecule has 4 rings (SSSR count). The summed E-state index contributed by atoms with van der Waals surface area (Å²) in [6.45, 7) is 9.92. The first kappa shape index (κ1) is 25.8. The molecule has 1 aromatic carbocycles. The molecule has 0 radical (unpaired) electrons. The fraction of sp³-hybridized carbons (Fsp3) is 0.481. The number of carbonyl (C=O) groups is 1. The topological polar surface area (TPSA) is 103 Å². The molecular formula is C27H35N5O4. The molecular weight excluding hydrogens is 458 g/mol. The molecule has 0 aliphatic carbocycles. The quantitative estimate of drug-likeness (QED) is 0.476. The van der Waals surface area contributed by atoms with Crippen molar-refractivity contribution in [3.05, 3.63) is 70.8 Å². The number of aliphatic carboxylic acids is 1. The summed E-state index contributed by atoms with van der Waals surface area (Å²) in [7, 11) is 1.78. The number of benzene rings is 1. The van der Waals surface area contributed by atoms with E-state index >= 15 is 0 Å². The summed E-state index contributed by atoms with van der Waals surface area (Å²) in [5, 5.41) is 18.0. The van der Waals surface area contributed by atoms with E-state index in [1.165, 1.54) is 0 Å². The lowest BCUT2D eigenvalue weighted by Crippen LogP contribution is -2.34. The van der Waals surface area contributed by atoms with E-state index in [4.69, 9.17) is 9.47 Å². The fourth-order valence-electron chi connectivity index (χ4n) is 4.49. The second-order valence-electron chi connectivity index (χ2n) is 10.1. The van der Waals surface area contributed by atoms with E-state index in [0.717, 1.165) is 41.1 Å². The average molecular weight is 494 g/mol. The van der Waals surface area contributed by atoms with Crippen molar-refractivity contribution in [3.63, 3.8) is 0 Å². The summed E-state index contributed by atoms with van der Waals surface area (Å²) < 4.78 is 14.0. The minimum absolute atomic E-state index is 0.0768. The van der Waals surface area contributed by atoms with Gasteiger partial charge in [0.25, 0.3) is 0 Å². The molecule has 3 heterocycles. The predicted octanol–water partition coefficient (Wildman–Crippen LogP) is 4.06. The van der Waals surface area contributed by atoms with Crippen LogP contribution in [0.2, 0.25) is 0 Å². The molecule has 1 aliphatic rings. The molecule has 192 valence electrons. The van der Waals surface area contributed by atoms with E-state index in [1.807, 2.05) is 24.3 Å². The third-order valence-corrected chi connectivity index (χ3v) is 6.76. The van der Waals surface area contributed by atoms with Gasteiger partial charge >= 0.3 is 5.97 Å². The zero-order valence-corrected chi connectivity index (χ0v) is 21.6. The molecule has 9 heteroatoms. The fourth-order valence-corrected chi connectivity index (χ4v) is 4.49. The van der Waals surface area contributed by atoms with Gasteiger partial charge in [-0.3, -0.25) is 19.4 Å². The number of carboxylic acid groups (broad SMARTS) is 1. The van der Waals surface area contributed by atoms with Gasteiger partial charge in [-0.05, 0) is 56.0 Å². The van der Waals surface area contributed by atoms with E-state index in [2.05, 4.69) is 40.1 Å². The molecule has 9 nitrogen and oxygen atoms in total. The van der Waals surface area contributed by atoms with Crippen LogP contribution in [-0.4, -0.2) is 48.6 Å². The third kappa shape index (κ3) is 5.74. The summed E-state index contributed by atoms with van der Waals surface area (Å²) in [6, 6.07) is 9.96. The lowest BCUT2D eigenvalue weighted by atomic mass is 9.81. The van der Waals surface area contributed by atoms with Crippen molar-refractivity contribution < 1.29 is 19.4 Å². The Morgan fingerprint density at radius 2 is 2.14 bits per heavy atom. The largest absolute Gasteiger partial charge is 0.487 e. The van der Waals surface area contributed by atoms with Gasteiger partial charge < -0.3 is 14.6 Å². The number of aromatic nitrogens is 4. The van der Waals surface area contributed by atoms with Crippen molar-refractivity contribution in [1.82, 2.24) is 24.9 Å². The van der Waals surface area contributed by atoms with Gasteiger partial charge in [0.15, 0.2) is 0 Å². The molecule has 36 heavy (non-hydrogen) atoms. The minimum Gasteiger partial charge on any atom is -0.487 e. The van der Waals surface area contributed by atoms with Crippen LogP contribution in [0.5, 0.6) is 5.75 Å². The number of hydrogen-bond acceptors (Lipinski definition) is 7. The lowest BCUT2D eigenvalue weighted by Gasteiger charge is -2.31. The van der Waals surface area contributed by atoms with E-state index in [1.54, 1.807) is 38.0 Å². The van der Waals surface area contributed by atoms with Gasteiger partial charge in [-0.25, -0.2) is 0 Å². The molecule has 0 saturated carbocycles. The van der Waals surface area contributed by atoms with Gasteiger partial charge in [0, 0.05) is 32.9 Å². The maximum Gasteiger partial charge on any atom is 0.312 e. The van der Waals surface area contributed by atoms with Gasteiger partial charge in [-0.15, -0.1) is 5.10 Å². The van der Waals surface area contributed by atoms with Crippen molar-refractivity contribution in [3.8, 4) is 5.75 Å². The summed E-state index contributed by atoms with van der Waals surface area (Å²) >= 11 is 0. The van der Waals surface area contributed by atoms with Crippen molar-refractivity contribution in [1.29, 1.82) is 0 Å². The Morgan fingerprint density at radius 1 is 1.33 bits per heavy atom. The Kier molecular flexibility index (Phi) is 7.70. The standard InChI is InChI=1S/C27H35N5O4/c1-6-22-15-32(16-23-24(36-22)8-7-11-28-23)13-20-12-19(10-9-18(20)2)25(27(3,4)26(33)34)35-17-21-14-31(5)30-29-21/h7-12,14,22,25H,6,13,15-17H2,1-5H3,(H,33,34). The van der Waals surface area contributed by atoms with Gasteiger partial charge in [-0.2, -0.15) is 0 Å². The van der Waals surface area contributed by atoms with Crippen molar-refractivity contribution in [2.75, 3.05) is 6.54 Å². The Morgan fingerprint density at radius 3 is 2.83 bits per heavy atom. The molecule has 3 aromatic rings. The number of ether oxygens (including phenoxy) is 2. The summed E-state index contributed by atoms with van der Waals surface area (Å²) in [4.78, 5) is 19.1. The Bertz CT molecular complexity index is 1210. The summed E-state index contributed by atoms with van der Waals surface area (Å²) in [5.41, 5.74) is 3.51. The van der Waals surface area contributed by atoms with E-state index < -0.39 is 17.5 Å².